The van der Waals surface area contributed by atoms with Crippen LogP contribution in [0.2, 0.25) is 0 Å². The molecule has 0 N–H and O–H groups in total. The van der Waals surface area contributed by atoms with Gasteiger partial charge in [0.15, 0.2) is 0 Å². The van der Waals surface area contributed by atoms with Crippen LogP contribution in [0.15, 0.2) is 24.3 Å². The van der Waals surface area contributed by atoms with Crippen LogP contribution in [0.3, 0.4) is 0 Å². The average Bonchev–Trinajstić information content (AvgIpc) is 2.91. The van der Waals surface area contributed by atoms with Gasteiger partial charge in [0.1, 0.15) is 5.75 Å². The van der Waals surface area contributed by atoms with Crippen LogP contribution in [0.25, 0.3) is 0 Å². The summed E-state index contributed by atoms with van der Waals surface area (Å²) in [6.07, 6.45) is 5.82. The van der Waals surface area contributed by atoms with Gasteiger partial charge in [-0.1, -0.05) is 18.6 Å². The van der Waals surface area contributed by atoms with E-state index in [9.17, 15) is 0 Å². The summed E-state index contributed by atoms with van der Waals surface area (Å²) in [5.74, 6) is 3.81. The van der Waals surface area contributed by atoms with Gasteiger partial charge in [0, 0.05) is 0 Å². The van der Waals surface area contributed by atoms with Gasteiger partial charge in [-0.05, 0) is 54.7 Å². The van der Waals surface area contributed by atoms with Gasteiger partial charge in [-0.15, -0.1) is 0 Å². The molecule has 0 unspecified atom stereocenters. The molecular formula is C14H18O. The summed E-state index contributed by atoms with van der Waals surface area (Å²) >= 11 is 0. The van der Waals surface area contributed by atoms with Gasteiger partial charge in [-0.25, -0.2) is 0 Å². The molecule has 0 spiro atoms. The van der Waals surface area contributed by atoms with Crippen LogP contribution < -0.4 is 4.74 Å². The molecule has 3 rings (SSSR count). The smallest absolute Gasteiger partial charge is 0.119 e. The lowest BCUT2D eigenvalue weighted by molar-refractivity contribution is 0.404. The molecule has 0 amide bonds. The second-order valence-corrected chi connectivity index (χ2v) is 5.06. The Morgan fingerprint density at radius 3 is 2.80 bits per heavy atom. The normalized spacial score (nSPS) is 33.3. The van der Waals surface area contributed by atoms with Gasteiger partial charge in [0.05, 0.1) is 7.11 Å². The first-order valence-electron chi connectivity index (χ1n) is 6.01. The zero-order valence-electron chi connectivity index (χ0n) is 9.28. The number of benzene rings is 1. The van der Waals surface area contributed by atoms with Crippen molar-refractivity contribution in [2.75, 3.05) is 7.11 Å². The maximum atomic E-state index is 5.29. The number of hydrogen-bond acceptors (Lipinski definition) is 1. The van der Waals surface area contributed by atoms with E-state index >= 15 is 0 Å². The molecule has 2 aliphatic carbocycles. The molecule has 80 valence electrons. The summed E-state index contributed by atoms with van der Waals surface area (Å²) in [5, 5.41) is 0. The fourth-order valence-corrected chi connectivity index (χ4v) is 3.53. The quantitative estimate of drug-likeness (QED) is 0.712. The second kappa shape index (κ2) is 3.55. The molecule has 2 fully saturated rings. The third-order valence-electron chi connectivity index (χ3n) is 4.26. The van der Waals surface area contributed by atoms with E-state index in [1.807, 2.05) is 6.07 Å². The van der Waals surface area contributed by atoms with Gasteiger partial charge in [0.2, 0.25) is 0 Å². The van der Waals surface area contributed by atoms with Crippen molar-refractivity contribution >= 4 is 0 Å². The Morgan fingerprint density at radius 2 is 2.13 bits per heavy atom. The monoisotopic (exact) mass is 202 g/mol. The first-order valence-corrected chi connectivity index (χ1v) is 6.01. The van der Waals surface area contributed by atoms with Crippen molar-refractivity contribution in [1.29, 1.82) is 0 Å². The molecule has 0 aliphatic heterocycles. The summed E-state index contributed by atoms with van der Waals surface area (Å²) in [6, 6.07) is 8.66. The highest BCUT2D eigenvalue weighted by Crippen LogP contribution is 2.53. The average molecular weight is 202 g/mol. The van der Waals surface area contributed by atoms with Crippen LogP contribution in [0.4, 0.5) is 0 Å². The molecule has 2 aliphatic rings. The molecule has 0 heterocycles. The van der Waals surface area contributed by atoms with Gasteiger partial charge in [-0.2, -0.15) is 0 Å². The Morgan fingerprint density at radius 1 is 1.20 bits per heavy atom. The van der Waals surface area contributed by atoms with E-state index in [4.69, 9.17) is 4.74 Å². The second-order valence-electron chi connectivity index (χ2n) is 5.06. The zero-order valence-corrected chi connectivity index (χ0v) is 9.28. The molecule has 1 aromatic rings. The predicted octanol–water partition coefficient (Wildman–Crippen LogP) is 3.60. The minimum atomic E-state index is 0.818. The van der Waals surface area contributed by atoms with E-state index in [1.54, 1.807) is 7.11 Å². The largest absolute Gasteiger partial charge is 0.497 e. The van der Waals surface area contributed by atoms with Crippen LogP contribution in [0.5, 0.6) is 5.75 Å². The van der Waals surface area contributed by atoms with Crippen molar-refractivity contribution < 1.29 is 4.74 Å². The molecule has 3 atom stereocenters. The van der Waals surface area contributed by atoms with E-state index in [-0.39, 0.29) is 0 Å². The Balaban J connectivity index is 1.86. The lowest BCUT2D eigenvalue weighted by Crippen LogP contribution is -2.08. The fourth-order valence-electron chi connectivity index (χ4n) is 3.53. The number of methoxy groups -OCH3 is 1. The molecule has 0 radical (unpaired) electrons. The zero-order chi connectivity index (χ0) is 10.3. The number of rotatable bonds is 2. The van der Waals surface area contributed by atoms with Crippen molar-refractivity contribution in [3.05, 3.63) is 29.8 Å². The van der Waals surface area contributed by atoms with Crippen LogP contribution >= 0.6 is 0 Å². The van der Waals surface area contributed by atoms with Crippen LogP contribution in [0, 0.1) is 11.8 Å². The molecule has 0 saturated heterocycles. The standard InChI is InChI=1S/C14H18O/c1-15-13-4-2-3-11(9-13)14-8-10-5-6-12(14)7-10/h2-4,9-10,12,14H,5-8H2,1H3/t10-,12+,14-/m1/s1. The number of fused-ring (bicyclic) bond motifs is 2. The highest BCUT2D eigenvalue weighted by molar-refractivity contribution is 5.32. The fraction of sp³-hybridized carbons (Fsp3) is 0.571. The molecule has 1 aromatic carbocycles. The number of hydrogen-bond donors (Lipinski definition) is 0. The van der Waals surface area contributed by atoms with E-state index in [2.05, 4.69) is 18.2 Å². The summed E-state index contributed by atoms with van der Waals surface area (Å²) in [4.78, 5) is 0. The van der Waals surface area contributed by atoms with Gasteiger partial charge in [-0.3, -0.25) is 0 Å². The van der Waals surface area contributed by atoms with E-state index < -0.39 is 0 Å². The Hall–Kier alpha value is -0.980. The maximum Gasteiger partial charge on any atom is 0.119 e. The molecule has 2 bridgehead atoms. The van der Waals surface area contributed by atoms with Gasteiger partial charge in [0.25, 0.3) is 0 Å². The summed E-state index contributed by atoms with van der Waals surface area (Å²) in [6.45, 7) is 0. The third kappa shape index (κ3) is 1.54. The van der Waals surface area contributed by atoms with Crippen molar-refractivity contribution in [3.63, 3.8) is 0 Å². The lowest BCUT2D eigenvalue weighted by atomic mass is 9.83. The minimum Gasteiger partial charge on any atom is -0.497 e. The van der Waals surface area contributed by atoms with Crippen molar-refractivity contribution in [2.24, 2.45) is 11.8 Å². The first kappa shape index (κ1) is 9.26. The van der Waals surface area contributed by atoms with Crippen molar-refractivity contribution in [2.45, 2.75) is 31.6 Å². The Labute approximate surface area is 91.5 Å². The lowest BCUT2D eigenvalue weighted by Gasteiger charge is -2.22. The summed E-state index contributed by atoms with van der Waals surface area (Å²) < 4.78 is 5.29. The molecular weight excluding hydrogens is 184 g/mol. The highest BCUT2D eigenvalue weighted by atomic mass is 16.5. The van der Waals surface area contributed by atoms with Crippen molar-refractivity contribution in [3.8, 4) is 5.75 Å². The van der Waals surface area contributed by atoms with Gasteiger partial charge < -0.3 is 4.74 Å². The van der Waals surface area contributed by atoms with Gasteiger partial charge >= 0.3 is 0 Å². The summed E-state index contributed by atoms with van der Waals surface area (Å²) in [7, 11) is 1.75. The van der Waals surface area contributed by atoms with Crippen LogP contribution in [0.1, 0.15) is 37.2 Å². The molecule has 1 nitrogen and oxygen atoms in total. The predicted molar refractivity (Wildman–Crippen MR) is 61.2 cm³/mol. The Bertz CT molecular complexity index is 358. The number of ether oxygens (including phenoxy) is 1. The molecule has 1 heteroatoms. The summed E-state index contributed by atoms with van der Waals surface area (Å²) in [5.41, 5.74) is 1.50. The van der Waals surface area contributed by atoms with E-state index in [0.717, 1.165) is 23.5 Å². The third-order valence-corrected chi connectivity index (χ3v) is 4.26. The highest BCUT2D eigenvalue weighted by Gasteiger charge is 2.40. The van der Waals surface area contributed by atoms with E-state index in [1.165, 1.54) is 31.2 Å². The SMILES string of the molecule is COc1cccc([C@H]2C[C@@H]3CC[C@H]2C3)c1. The topological polar surface area (TPSA) is 9.23 Å². The van der Waals surface area contributed by atoms with E-state index in [0.29, 0.717) is 0 Å². The molecule has 0 aromatic heterocycles. The minimum absolute atomic E-state index is 0.818. The molecule has 2 saturated carbocycles. The van der Waals surface area contributed by atoms with Crippen molar-refractivity contribution in [1.82, 2.24) is 0 Å². The Kier molecular flexibility index (Phi) is 2.19. The molecule has 15 heavy (non-hydrogen) atoms. The first-order chi connectivity index (χ1) is 7.36. The van der Waals surface area contributed by atoms with Crippen LogP contribution in [-0.4, -0.2) is 7.11 Å². The maximum absolute atomic E-state index is 5.29. The van der Waals surface area contributed by atoms with Crippen LogP contribution in [-0.2, 0) is 0 Å².